The topological polar surface area (TPSA) is 58.5 Å². The van der Waals surface area contributed by atoms with Crippen molar-refractivity contribution in [3.05, 3.63) is 58.9 Å². The minimum atomic E-state index is -0.0124. The van der Waals surface area contributed by atoms with Crippen LogP contribution in [0.3, 0.4) is 0 Å². The molecule has 0 fully saturated rings. The average molecular weight is 489 g/mol. The number of aromatic nitrogens is 1. The lowest BCUT2D eigenvalue weighted by molar-refractivity contribution is 0.224. The summed E-state index contributed by atoms with van der Waals surface area (Å²) in [6.07, 6.45) is 1.78. The average Bonchev–Trinajstić information content (AvgIpc) is 2.60. The van der Waals surface area contributed by atoms with Gasteiger partial charge in [-0.2, -0.15) is 0 Å². The molecule has 0 bridgehead atoms. The number of pyridine rings is 1. The van der Waals surface area contributed by atoms with Crippen molar-refractivity contribution in [3.63, 3.8) is 0 Å². The molecule has 0 aliphatic rings. The summed E-state index contributed by atoms with van der Waals surface area (Å²) < 4.78 is 5.86. The van der Waals surface area contributed by atoms with Crippen molar-refractivity contribution in [1.29, 1.82) is 0 Å². The largest absolute Gasteiger partial charge is 0.489 e. The van der Waals surface area contributed by atoms with Crippen LogP contribution in [0.25, 0.3) is 0 Å². The zero-order valence-corrected chi connectivity index (χ0v) is 18.4. The molecule has 1 atom stereocenters. The van der Waals surface area contributed by atoms with E-state index < -0.39 is 0 Å². The van der Waals surface area contributed by atoms with Crippen molar-refractivity contribution < 1.29 is 4.74 Å². The van der Waals surface area contributed by atoms with Crippen LogP contribution in [0.1, 0.15) is 25.1 Å². The fourth-order valence-electron chi connectivity index (χ4n) is 2.21. The van der Waals surface area contributed by atoms with E-state index in [1.807, 2.05) is 57.2 Å². The van der Waals surface area contributed by atoms with Gasteiger partial charge in [0.1, 0.15) is 11.9 Å². The molecule has 0 aliphatic carbocycles. The number of guanidine groups is 1. The van der Waals surface area contributed by atoms with E-state index >= 15 is 0 Å². The monoisotopic (exact) mass is 488 g/mol. The van der Waals surface area contributed by atoms with Gasteiger partial charge in [-0.25, -0.2) is 4.99 Å². The fourth-order valence-corrected chi connectivity index (χ4v) is 2.33. The van der Waals surface area contributed by atoms with E-state index in [1.54, 1.807) is 6.20 Å². The fraction of sp³-hybridized carbons (Fsp3) is 0.368. The summed E-state index contributed by atoms with van der Waals surface area (Å²) in [6.45, 7) is 8.05. The number of hydrogen-bond acceptors (Lipinski definition) is 3. The molecule has 2 N–H and O–H groups in total. The Hall–Kier alpha value is -1.54. The number of nitrogens with zero attached hydrogens (tertiary/aromatic N) is 2. The minimum absolute atomic E-state index is 0. The lowest BCUT2D eigenvalue weighted by Crippen LogP contribution is -2.41. The molecular weight excluding hydrogens is 463 g/mol. The Morgan fingerprint density at radius 1 is 1.23 bits per heavy atom. The molecule has 7 heteroatoms. The summed E-state index contributed by atoms with van der Waals surface area (Å²) in [4.78, 5) is 8.96. The first-order chi connectivity index (χ1) is 12.1. The zero-order valence-electron chi connectivity index (χ0n) is 15.3. The summed E-state index contributed by atoms with van der Waals surface area (Å²) in [7, 11) is 0. The molecule has 0 spiro atoms. The Kier molecular flexibility index (Phi) is 10.3. The molecule has 2 aromatic rings. The molecule has 1 heterocycles. The van der Waals surface area contributed by atoms with Crippen LogP contribution in [0.15, 0.2) is 47.6 Å². The second-order valence-corrected chi connectivity index (χ2v) is 6.16. The molecule has 1 aromatic carbocycles. The van der Waals surface area contributed by atoms with Gasteiger partial charge in [0.05, 0.1) is 18.8 Å². The molecule has 0 saturated heterocycles. The maximum atomic E-state index is 5.89. The first-order valence-electron chi connectivity index (χ1n) is 8.43. The molecule has 0 saturated carbocycles. The summed E-state index contributed by atoms with van der Waals surface area (Å²) >= 11 is 5.89. The van der Waals surface area contributed by atoms with Gasteiger partial charge < -0.3 is 15.4 Å². The van der Waals surface area contributed by atoms with E-state index in [4.69, 9.17) is 16.3 Å². The van der Waals surface area contributed by atoms with Crippen molar-refractivity contribution >= 4 is 41.5 Å². The van der Waals surface area contributed by atoms with Crippen LogP contribution in [0.4, 0.5) is 0 Å². The van der Waals surface area contributed by atoms with Gasteiger partial charge in [-0.3, -0.25) is 4.98 Å². The van der Waals surface area contributed by atoms with Gasteiger partial charge in [-0.05, 0) is 56.7 Å². The SMILES string of the molecule is CCNC(=NCc1ncccc1C)NCC(C)Oc1ccc(Cl)cc1.I. The number of aryl methyl sites for hydroxylation is 1. The van der Waals surface area contributed by atoms with Gasteiger partial charge in [0.25, 0.3) is 0 Å². The third-order valence-corrected chi connectivity index (χ3v) is 3.81. The van der Waals surface area contributed by atoms with E-state index in [1.165, 1.54) is 0 Å². The summed E-state index contributed by atoms with van der Waals surface area (Å²) in [5.41, 5.74) is 2.12. The summed E-state index contributed by atoms with van der Waals surface area (Å²) in [5.74, 6) is 1.55. The van der Waals surface area contributed by atoms with Crippen LogP contribution >= 0.6 is 35.6 Å². The number of hydrogen-bond donors (Lipinski definition) is 2. The molecule has 2 rings (SSSR count). The second-order valence-electron chi connectivity index (χ2n) is 5.73. The van der Waals surface area contributed by atoms with Crippen molar-refractivity contribution in [2.45, 2.75) is 33.4 Å². The van der Waals surface area contributed by atoms with Crippen molar-refractivity contribution in [1.82, 2.24) is 15.6 Å². The number of aliphatic imine (C=N–C) groups is 1. The van der Waals surface area contributed by atoms with E-state index in [2.05, 4.69) is 20.6 Å². The van der Waals surface area contributed by atoms with Gasteiger partial charge in [0, 0.05) is 17.8 Å². The number of ether oxygens (including phenoxy) is 1. The van der Waals surface area contributed by atoms with Crippen LogP contribution in [-0.2, 0) is 6.54 Å². The molecule has 142 valence electrons. The minimum Gasteiger partial charge on any atom is -0.489 e. The van der Waals surface area contributed by atoms with E-state index in [0.29, 0.717) is 18.1 Å². The molecule has 5 nitrogen and oxygen atoms in total. The zero-order chi connectivity index (χ0) is 18.1. The first-order valence-corrected chi connectivity index (χ1v) is 8.81. The molecule has 0 amide bonds. The van der Waals surface area contributed by atoms with Crippen molar-refractivity contribution in [3.8, 4) is 5.75 Å². The summed E-state index contributed by atoms with van der Waals surface area (Å²) in [6, 6.07) is 11.3. The lowest BCUT2D eigenvalue weighted by atomic mass is 10.2. The third kappa shape index (κ3) is 7.78. The van der Waals surface area contributed by atoms with E-state index in [-0.39, 0.29) is 30.1 Å². The van der Waals surface area contributed by atoms with Crippen molar-refractivity contribution in [2.24, 2.45) is 4.99 Å². The van der Waals surface area contributed by atoms with Crippen LogP contribution in [0.5, 0.6) is 5.75 Å². The van der Waals surface area contributed by atoms with Crippen LogP contribution in [0.2, 0.25) is 5.02 Å². The molecule has 1 aromatic heterocycles. The highest BCUT2D eigenvalue weighted by atomic mass is 127. The molecular formula is C19H26ClIN4O. The van der Waals surface area contributed by atoms with Gasteiger partial charge in [-0.1, -0.05) is 17.7 Å². The predicted molar refractivity (Wildman–Crippen MR) is 119 cm³/mol. The second kappa shape index (κ2) is 12.0. The van der Waals surface area contributed by atoms with E-state index in [9.17, 15) is 0 Å². The quantitative estimate of drug-likeness (QED) is 0.349. The van der Waals surface area contributed by atoms with Gasteiger partial charge in [0.2, 0.25) is 0 Å². The molecule has 0 radical (unpaired) electrons. The van der Waals surface area contributed by atoms with Crippen LogP contribution in [0, 0.1) is 6.92 Å². The van der Waals surface area contributed by atoms with Crippen LogP contribution < -0.4 is 15.4 Å². The molecule has 0 aliphatic heterocycles. The molecule has 26 heavy (non-hydrogen) atoms. The number of rotatable bonds is 7. The normalized spacial score (nSPS) is 12.1. The number of halogens is 2. The highest BCUT2D eigenvalue weighted by Gasteiger charge is 2.06. The highest BCUT2D eigenvalue weighted by Crippen LogP contribution is 2.16. The first kappa shape index (κ1) is 22.5. The Labute approximate surface area is 177 Å². The Morgan fingerprint density at radius 2 is 1.96 bits per heavy atom. The standard InChI is InChI=1S/C19H25ClN4O.HI/c1-4-21-19(24-13-18-14(2)6-5-11-22-18)23-12-15(3)25-17-9-7-16(20)8-10-17;/h5-11,15H,4,12-13H2,1-3H3,(H2,21,23,24);1H. The Morgan fingerprint density at radius 3 is 2.62 bits per heavy atom. The van der Waals surface area contributed by atoms with Gasteiger partial charge in [-0.15, -0.1) is 24.0 Å². The third-order valence-electron chi connectivity index (χ3n) is 3.56. The van der Waals surface area contributed by atoms with Crippen LogP contribution in [-0.4, -0.2) is 30.1 Å². The number of benzene rings is 1. The van der Waals surface area contributed by atoms with Gasteiger partial charge >= 0.3 is 0 Å². The number of nitrogens with one attached hydrogen (secondary N) is 2. The lowest BCUT2D eigenvalue weighted by Gasteiger charge is -2.17. The van der Waals surface area contributed by atoms with E-state index in [0.717, 1.165) is 29.5 Å². The maximum Gasteiger partial charge on any atom is 0.191 e. The smallest absolute Gasteiger partial charge is 0.191 e. The van der Waals surface area contributed by atoms with Crippen molar-refractivity contribution in [2.75, 3.05) is 13.1 Å². The maximum absolute atomic E-state index is 5.89. The molecule has 1 unspecified atom stereocenters. The predicted octanol–water partition coefficient (Wildman–Crippen LogP) is 4.18. The summed E-state index contributed by atoms with van der Waals surface area (Å²) in [5, 5.41) is 7.24. The highest BCUT2D eigenvalue weighted by molar-refractivity contribution is 14.0. The van der Waals surface area contributed by atoms with Gasteiger partial charge in [0.15, 0.2) is 5.96 Å². The Bertz CT molecular complexity index is 694. The Balaban J connectivity index is 0.00000338.